The first kappa shape index (κ1) is 13.2. The zero-order valence-corrected chi connectivity index (χ0v) is 11.8. The molecular formula is C12H14N4O3S. The number of fused-ring (bicyclic) bond motifs is 1. The molecule has 7 nitrogen and oxygen atoms in total. The Morgan fingerprint density at radius 2 is 2.25 bits per heavy atom. The summed E-state index contributed by atoms with van der Waals surface area (Å²) in [7, 11) is 0. The van der Waals surface area contributed by atoms with Gasteiger partial charge in [-0.2, -0.15) is 0 Å². The number of aromatic nitrogens is 2. The van der Waals surface area contributed by atoms with Gasteiger partial charge in [0.15, 0.2) is 5.16 Å². The van der Waals surface area contributed by atoms with Crippen LogP contribution in [-0.2, 0) is 11.3 Å². The van der Waals surface area contributed by atoms with Crippen LogP contribution in [0.5, 0.6) is 0 Å². The van der Waals surface area contributed by atoms with E-state index in [1.807, 2.05) is 0 Å². The highest BCUT2D eigenvalue weighted by Crippen LogP contribution is 2.21. The molecule has 1 N–H and O–H groups in total. The molecule has 3 heterocycles. The van der Waals surface area contributed by atoms with E-state index in [1.54, 1.807) is 6.92 Å². The zero-order valence-electron chi connectivity index (χ0n) is 11.0. The summed E-state index contributed by atoms with van der Waals surface area (Å²) in [5.74, 6) is 0.175. The lowest BCUT2D eigenvalue weighted by molar-refractivity contribution is -0.127. The van der Waals surface area contributed by atoms with E-state index in [2.05, 4.69) is 10.3 Å². The van der Waals surface area contributed by atoms with Crippen LogP contribution >= 0.6 is 11.8 Å². The fourth-order valence-corrected chi connectivity index (χ4v) is 3.29. The van der Waals surface area contributed by atoms with Crippen LogP contribution in [0, 0.1) is 0 Å². The molecule has 1 fully saturated rings. The summed E-state index contributed by atoms with van der Waals surface area (Å²) in [4.78, 5) is 41.9. The van der Waals surface area contributed by atoms with Crippen molar-refractivity contribution in [3.8, 4) is 0 Å². The van der Waals surface area contributed by atoms with Crippen molar-refractivity contribution in [1.29, 1.82) is 0 Å². The van der Waals surface area contributed by atoms with Gasteiger partial charge in [-0.25, -0.2) is 4.98 Å². The molecule has 1 aromatic rings. The Morgan fingerprint density at radius 1 is 1.45 bits per heavy atom. The van der Waals surface area contributed by atoms with Gasteiger partial charge in [-0.3, -0.25) is 19.0 Å². The molecule has 1 atom stereocenters. The molecule has 8 heteroatoms. The van der Waals surface area contributed by atoms with E-state index in [0.29, 0.717) is 24.8 Å². The number of carbonyl (C=O) groups excluding carboxylic acids is 2. The smallest absolute Gasteiger partial charge is 0.267 e. The van der Waals surface area contributed by atoms with Gasteiger partial charge in [0.2, 0.25) is 5.91 Å². The molecule has 1 unspecified atom stereocenters. The number of nitrogens with one attached hydrogen (secondary N) is 1. The second-order valence-electron chi connectivity index (χ2n) is 4.73. The number of amides is 2. The average Bonchev–Trinajstić information content (AvgIpc) is 2.91. The Hall–Kier alpha value is -1.83. The highest BCUT2D eigenvalue weighted by molar-refractivity contribution is 7.99. The highest BCUT2D eigenvalue weighted by atomic mass is 32.2. The normalized spacial score (nSPS) is 21.6. The number of rotatable bonds is 1. The van der Waals surface area contributed by atoms with E-state index < -0.39 is 11.9 Å². The fourth-order valence-electron chi connectivity index (χ4n) is 2.38. The van der Waals surface area contributed by atoms with Crippen molar-refractivity contribution in [2.24, 2.45) is 0 Å². The van der Waals surface area contributed by atoms with Crippen LogP contribution in [0.25, 0.3) is 0 Å². The third-order valence-corrected chi connectivity index (χ3v) is 4.52. The maximum absolute atomic E-state index is 12.5. The molecule has 0 spiro atoms. The minimum Gasteiger partial charge on any atom is -0.353 e. The van der Waals surface area contributed by atoms with Gasteiger partial charge < -0.3 is 10.2 Å². The molecule has 1 saturated heterocycles. The van der Waals surface area contributed by atoms with Gasteiger partial charge in [-0.15, -0.1) is 0 Å². The van der Waals surface area contributed by atoms with Crippen LogP contribution in [0.15, 0.2) is 16.1 Å². The Kier molecular flexibility index (Phi) is 3.25. The minimum absolute atomic E-state index is 0.0396. The minimum atomic E-state index is -0.566. The topological polar surface area (TPSA) is 84.3 Å². The molecule has 0 saturated carbocycles. The number of piperazine rings is 1. The predicted octanol–water partition coefficient (Wildman–Crippen LogP) is -0.690. The average molecular weight is 294 g/mol. The van der Waals surface area contributed by atoms with Crippen LogP contribution in [0.4, 0.5) is 0 Å². The van der Waals surface area contributed by atoms with E-state index in [9.17, 15) is 14.4 Å². The first-order chi connectivity index (χ1) is 9.59. The van der Waals surface area contributed by atoms with Crippen molar-refractivity contribution in [1.82, 2.24) is 19.8 Å². The Bertz CT molecular complexity index is 642. The summed E-state index contributed by atoms with van der Waals surface area (Å²) in [5, 5.41) is 3.34. The molecule has 3 rings (SSSR count). The van der Waals surface area contributed by atoms with Crippen LogP contribution in [0.3, 0.4) is 0 Å². The highest BCUT2D eigenvalue weighted by Gasteiger charge is 2.32. The van der Waals surface area contributed by atoms with Gasteiger partial charge in [0, 0.05) is 31.6 Å². The molecular weight excluding hydrogens is 280 g/mol. The molecule has 2 aliphatic rings. The van der Waals surface area contributed by atoms with E-state index in [1.165, 1.54) is 27.4 Å². The Labute approximate surface area is 119 Å². The van der Waals surface area contributed by atoms with Crippen molar-refractivity contribution >= 4 is 23.6 Å². The second-order valence-corrected chi connectivity index (χ2v) is 5.79. The van der Waals surface area contributed by atoms with Crippen molar-refractivity contribution in [3.05, 3.63) is 22.1 Å². The van der Waals surface area contributed by atoms with Crippen LogP contribution in [0.1, 0.15) is 17.3 Å². The number of hydrogen-bond acceptors (Lipinski definition) is 5. The summed E-state index contributed by atoms with van der Waals surface area (Å²) in [5.41, 5.74) is -0.277. The summed E-state index contributed by atoms with van der Waals surface area (Å²) < 4.78 is 1.52. The van der Waals surface area contributed by atoms with Crippen molar-refractivity contribution in [3.63, 3.8) is 0 Å². The van der Waals surface area contributed by atoms with E-state index in [4.69, 9.17) is 0 Å². The fraction of sp³-hybridized carbons (Fsp3) is 0.500. The first-order valence-corrected chi connectivity index (χ1v) is 7.39. The lowest BCUT2D eigenvalue weighted by atomic mass is 10.1. The molecule has 0 bridgehead atoms. The maximum Gasteiger partial charge on any atom is 0.267 e. The molecule has 0 radical (unpaired) electrons. The van der Waals surface area contributed by atoms with Crippen molar-refractivity contribution < 1.29 is 9.59 Å². The number of hydrogen-bond donors (Lipinski definition) is 1. The zero-order chi connectivity index (χ0) is 14.3. The summed E-state index contributed by atoms with van der Waals surface area (Å²) in [6, 6.07) is -0.566. The second kappa shape index (κ2) is 4.93. The molecule has 1 aromatic heterocycles. The largest absolute Gasteiger partial charge is 0.353 e. The molecule has 0 aromatic carbocycles. The van der Waals surface area contributed by atoms with Crippen LogP contribution < -0.4 is 10.9 Å². The van der Waals surface area contributed by atoms with E-state index >= 15 is 0 Å². The van der Waals surface area contributed by atoms with Crippen LogP contribution in [0.2, 0.25) is 0 Å². The number of nitrogens with zero attached hydrogens (tertiary/aromatic N) is 3. The molecule has 20 heavy (non-hydrogen) atoms. The summed E-state index contributed by atoms with van der Waals surface area (Å²) in [6.45, 7) is 3.04. The van der Waals surface area contributed by atoms with Crippen molar-refractivity contribution in [2.45, 2.75) is 24.7 Å². The van der Waals surface area contributed by atoms with E-state index in [0.717, 1.165) is 5.75 Å². The maximum atomic E-state index is 12.5. The predicted molar refractivity (Wildman–Crippen MR) is 72.7 cm³/mol. The monoisotopic (exact) mass is 294 g/mol. The van der Waals surface area contributed by atoms with Gasteiger partial charge >= 0.3 is 0 Å². The van der Waals surface area contributed by atoms with Gasteiger partial charge in [0.05, 0.1) is 0 Å². The quantitative estimate of drug-likeness (QED) is 0.693. The Morgan fingerprint density at radius 3 is 3.05 bits per heavy atom. The van der Waals surface area contributed by atoms with Crippen molar-refractivity contribution in [2.75, 3.05) is 18.8 Å². The van der Waals surface area contributed by atoms with Gasteiger partial charge in [-0.05, 0) is 6.92 Å². The van der Waals surface area contributed by atoms with Gasteiger partial charge in [0.25, 0.3) is 11.5 Å². The van der Waals surface area contributed by atoms with Gasteiger partial charge in [0.1, 0.15) is 11.6 Å². The third kappa shape index (κ3) is 2.00. The Balaban J connectivity index is 1.95. The number of carbonyl (C=O) groups is 2. The standard InChI is InChI=1S/C12H14N4O3S/c1-7-9(17)13-2-3-15(7)10(18)8-6-14-12-16(11(8)19)4-5-20-12/h6-7H,2-5H2,1H3,(H,13,17). The van der Waals surface area contributed by atoms with E-state index in [-0.39, 0.29) is 17.0 Å². The first-order valence-electron chi connectivity index (χ1n) is 6.41. The lowest BCUT2D eigenvalue weighted by Crippen LogP contribution is -2.56. The third-order valence-electron chi connectivity index (χ3n) is 3.55. The summed E-state index contributed by atoms with van der Waals surface area (Å²) >= 11 is 1.50. The molecule has 106 valence electrons. The SMILES string of the molecule is CC1C(=O)NCCN1C(=O)c1cnc2n(c1=O)CCS2. The molecule has 2 amide bonds. The van der Waals surface area contributed by atoms with Crippen LogP contribution in [-0.4, -0.2) is 51.1 Å². The van der Waals surface area contributed by atoms with Gasteiger partial charge in [-0.1, -0.05) is 11.8 Å². The summed E-state index contributed by atoms with van der Waals surface area (Å²) in [6.07, 6.45) is 1.33. The molecule has 0 aliphatic carbocycles. The molecule has 2 aliphatic heterocycles. The number of thioether (sulfide) groups is 1. The lowest BCUT2D eigenvalue weighted by Gasteiger charge is -2.32.